The summed E-state index contributed by atoms with van der Waals surface area (Å²) in [6.45, 7) is 2.48. The Morgan fingerprint density at radius 1 is 1.26 bits per heavy atom. The van der Waals surface area contributed by atoms with Crippen LogP contribution in [0.25, 0.3) is 0 Å². The van der Waals surface area contributed by atoms with Crippen molar-refractivity contribution in [2.75, 3.05) is 38.7 Å². The van der Waals surface area contributed by atoms with E-state index >= 15 is 0 Å². The van der Waals surface area contributed by atoms with Crippen molar-refractivity contribution < 1.29 is 17.9 Å². The Bertz CT molecular complexity index is 495. The second-order valence-corrected chi connectivity index (χ2v) is 6.07. The standard InChI is InChI=1S/C12H18N2O4S/c1-13-19(15,16)12-4-2-10(3-5-12)14-8-11-9-17-6-7-18-11/h2-5,11,13-14H,6-9H2,1H3. The molecule has 0 aliphatic carbocycles. The first-order chi connectivity index (χ1) is 9.12. The minimum absolute atomic E-state index is 0.0365. The molecule has 106 valence electrons. The lowest BCUT2D eigenvalue weighted by Crippen LogP contribution is -2.34. The molecular weight excluding hydrogens is 268 g/mol. The van der Waals surface area contributed by atoms with Gasteiger partial charge >= 0.3 is 0 Å². The fourth-order valence-electron chi connectivity index (χ4n) is 1.76. The first-order valence-corrected chi connectivity index (χ1v) is 7.57. The van der Waals surface area contributed by atoms with Crippen molar-refractivity contribution in [3.8, 4) is 0 Å². The lowest BCUT2D eigenvalue weighted by molar-refractivity contribution is -0.0818. The number of hydrogen-bond acceptors (Lipinski definition) is 5. The predicted octanol–water partition coefficient (Wildman–Crippen LogP) is 0.422. The summed E-state index contributed by atoms with van der Waals surface area (Å²) in [6, 6.07) is 6.58. The summed E-state index contributed by atoms with van der Waals surface area (Å²) < 4.78 is 36.2. The fraction of sp³-hybridized carbons (Fsp3) is 0.500. The van der Waals surface area contributed by atoms with E-state index in [4.69, 9.17) is 9.47 Å². The normalized spacial score (nSPS) is 20.2. The van der Waals surface area contributed by atoms with Crippen LogP contribution in [-0.4, -0.2) is 47.9 Å². The van der Waals surface area contributed by atoms with Crippen LogP contribution in [-0.2, 0) is 19.5 Å². The van der Waals surface area contributed by atoms with Gasteiger partial charge in [0.15, 0.2) is 0 Å². The van der Waals surface area contributed by atoms with E-state index in [0.29, 0.717) is 26.4 Å². The molecule has 0 spiro atoms. The highest BCUT2D eigenvalue weighted by Gasteiger charge is 2.14. The molecule has 1 aromatic rings. The summed E-state index contributed by atoms with van der Waals surface area (Å²) in [4.78, 5) is 0.248. The van der Waals surface area contributed by atoms with Crippen LogP contribution in [0.1, 0.15) is 0 Å². The van der Waals surface area contributed by atoms with Crippen LogP contribution in [0.4, 0.5) is 5.69 Å². The van der Waals surface area contributed by atoms with Crippen LogP contribution in [0.2, 0.25) is 0 Å². The molecule has 1 aliphatic heterocycles. The van der Waals surface area contributed by atoms with E-state index in [1.165, 1.54) is 7.05 Å². The van der Waals surface area contributed by atoms with E-state index in [1.807, 2.05) is 0 Å². The maximum atomic E-state index is 11.5. The fourth-order valence-corrected chi connectivity index (χ4v) is 2.49. The number of sulfonamides is 1. The Hall–Kier alpha value is -1.15. The largest absolute Gasteiger partial charge is 0.382 e. The van der Waals surface area contributed by atoms with Crippen LogP contribution in [0.5, 0.6) is 0 Å². The van der Waals surface area contributed by atoms with Gasteiger partial charge in [0.1, 0.15) is 0 Å². The topological polar surface area (TPSA) is 76.7 Å². The molecule has 2 N–H and O–H groups in total. The Morgan fingerprint density at radius 3 is 2.58 bits per heavy atom. The third kappa shape index (κ3) is 3.90. The van der Waals surface area contributed by atoms with E-state index in [9.17, 15) is 8.42 Å². The smallest absolute Gasteiger partial charge is 0.240 e. The molecule has 0 radical (unpaired) electrons. The van der Waals surface area contributed by atoms with Crippen molar-refractivity contribution in [2.24, 2.45) is 0 Å². The number of nitrogens with one attached hydrogen (secondary N) is 2. The van der Waals surface area contributed by atoms with Gasteiger partial charge in [-0.1, -0.05) is 0 Å². The van der Waals surface area contributed by atoms with Gasteiger partial charge in [0.05, 0.1) is 30.8 Å². The van der Waals surface area contributed by atoms with Gasteiger partial charge in [0.25, 0.3) is 0 Å². The van der Waals surface area contributed by atoms with E-state index in [1.54, 1.807) is 24.3 Å². The van der Waals surface area contributed by atoms with Gasteiger partial charge in [0.2, 0.25) is 10.0 Å². The second kappa shape index (κ2) is 6.33. The number of benzene rings is 1. The molecule has 7 heteroatoms. The number of rotatable bonds is 5. The summed E-state index contributed by atoms with van der Waals surface area (Å²) in [5.74, 6) is 0. The van der Waals surface area contributed by atoms with Crippen molar-refractivity contribution >= 4 is 15.7 Å². The summed E-state index contributed by atoms with van der Waals surface area (Å²) in [7, 11) is -1.98. The molecule has 1 heterocycles. The molecule has 0 bridgehead atoms. The van der Waals surface area contributed by atoms with Gasteiger partial charge in [-0.15, -0.1) is 0 Å². The van der Waals surface area contributed by atoms with Crippen molar-refractivity contribution in [3.63, 3.8) is 0 Å². The van der Waals surface area contributed by atoms with Gasteiger partial charge < -0.3 is 14.8 Å². The van der Waals surface area contributed by atoms with Crippen LogP contribution >= 0.6 is 0 Å². The molecule has 1 unspecified atom stereocenters. The quantitative estimate of drug-likeness (QED) is 0.820. The van der Waals surface area contributed by atoms with Crippen LogP contribution in [0.3, 0.4) is 0 Å². The molecule has 19 heavy (non-hydrogen) atoms. The molecule has 0 aromatic heterocycles. The average Bonchev–Trinajstić information content (AvgIpc) is 2.47. The van der Waals surface area contributed by atoms with E-state index < -0.39 is 10.0 Å². The lowest BCUT2D eigenvalue weighted by Gasteiger charge is -2.23. The zero-order valence-corrected chi connectivity index (χ0v) is 11.6. The Morgan fingerprint density at radius 2 is 2.00 bits per heavy atom. The maximum Gasteiger partial charge on any atom is 0.240 e. The zero-order valence-electron chi connectivity index (χ0n) is 10.8. The average molecular weight is 286 g/mol. The molecule has 0 saturated carbocycles. The molecule has 2 rings (SSSR count). The summed E-state index contributed by atoms with van der Waals surface area (Å²) in [5, 5.41) is 3.19. The van der Waals surface area contributed by atoms with Crippen LogP contribution in [0.15, 0.2) is 29.2 Å². The van der Waals surface area contributed by atoms with E-state index in [0.717, 1.165) is 5.69 Å². The Balaban J connectivity index is 1.91. The van der Waals surface area contributed by atoms with Crippen LogP contribution < -0.4 is 10.0 Å². The molecule has 1 fully saturated rings. The maximum absolute atomic E-state index is 11.5. The number of hydrogen-bond donors (Lipinski definition) is 2. The Labute approximate surface area is 113 Å². The summed E-state index contributed by atoms with van der Waals surface area (Å²) in [5.41, 5.74) is 0.851. The third-order valence-electron chi connectivity index (χ3n) is 2.85. The van der Waals surface area contributed by atoms with Gasteiger partial charge in [-0.25, -0.2) is 13.1 Å². The van der Waals surface area contributed by atoms with Crippen LogP contribution in [0, 0.1) is 0 Å². The second-order valence-electron chi connectivity index (χ2n) is 4.18. The van der Waals surface area contributed by atoms with Gasteiger partial charge in [-0.3, -0.25) is 0 Å². The minimum Gasteiger partial charge on any atom is -0.382 e. The zero-order chi connectivity index (χ0) is 13.7. The first-order valence-electron chi connectivity index (χ1n) is 6.08. The minimum atomic E-state index is -3.37. The summed E-state index contributed by atoms with van der Waals surface area (Å²) >= 11 is 0. The monoisotopic (exact) mass is 286 g/mol. The summed E-state index contributed by atoms with van der Waals surface area (Å²) in [6.07, 6.45) is 0.0365. The highest BCUT2D eigenvalue weighted by atomic mass is 32.2. The number of anilines is 1. The van der Waals surface area contributed by atoms with Crippen molar-refractivity contribution in [1.82, 2.24) is 4.72 Å². The molecule has 0 amide bonds. The van der Waals surface area contributed by atoms with Gasteiger partial charge in [-0.2, -0.15) is 0 Å². The lowest BCUT2D eigenvalue weighted by atomic mass is 10.3. The van der Waals surface area contributed by atoms with Crippen molar-refractivity contribution in [3.05, 3.63) is 24.3 Å². The SMILES string of the molecule is CNS(=O)(=O)c1ccc(NCC2COCCO2)cc1. The molecule has 6 nitrogen and oxygen atoms in total. The predicted molar refractivity (Wildman–Crippen MR) is 71.7 cm³/mol. The molecule has 1 saturated heterocycles. The highest BCUT2D eigenvalue weighted by Crippen LogP contribution is 2.14. The first kappa shape index (κ1) is 14.3. The van der Waals surface area contributed by atoms with E-state index in [-0.39, 0.29) is 11.0 Å². The van der Waals surface area contributed by atoms with E-state index in [2.05, 4.69) is 10.0 Å². The van der Waals surface area contributed by atoms with Crippen molar-refractivity contribution in [2.45, 2.75) is 11.0 Å². The molecule has 1 aromatic carbocycles. The molecule has 1 aliphatic rings. The third-order valence-corrected chi connectivity index (χ3v) is 4.28. The number of ether oxygens (including phenoxy) is 2. The molecule has 1 atom stereocenters. The Kier molecular flexibility index (Phi) is 4.76. The van der Waals surface area contributed by atoms with Gasteiger partial charge in [-0.05, 0) is 31.3 Å². The molecular formula is C12H18N2O4S. The van der Waals surface area contributed by atoms with Gasteiger partial charge in [0, 0.05) is 12.2 Å². The van der Waals surface area contributed by atoms with Crippen molar-refractivity contribution in [1.29, 1.82) is 0 Å². The highest BCUT2D eigenvalue weighted by molar-refractivity contribution is 7.89.